The van der Waals surface area contributed by atoms with Crippen molar-refractivity contribution >= 4 is 11.6 Å². The maximum Gasteiger partial charge on any atom is 0.324 e. The largest absolute Gasteiger partial charge is 0.461 e. The molecule has 0 atom stereocenters. The molecule has 0 bridgehead atoms. The lowest BCUT2D eigenvalue weighted by molar-refractivity contribution is 0.210. The maximum atomic E-state index is 13.4. The van der Waals surface area contributed by atoms with Crippen LogP contribution in [0.25, 0.3) is 0 Å². The first kappa shape index (κ1) is 14.5. The van der Waals surface area contributed by atoms with E-state index in [0.29, 0.717) is 5.56 Å². The van der Waals surface area contributed by atoms with Crippen LogP contribution in [-0.4, -0.2) is 21.1 Å². The zero-order valence-electron chi connectivity index (χ0n) is 11.0. The van der Waals surface area contributed by atoms with Gasteiger partial charge in [-0.15, -0.1) is 4.98 Å². The number of nitrogens with zero attached hydrogens (tertiary/aromatic N) is 3. The van der Waals surface area contributed by atoms with E-state index < -0.39 is 0 Å². The lowest BCUT2D eigenvalue weighted by Crippen LogP contribution is -2.10. The van der Waals surface area contributed by atoms with Gasteiger partial charge in [0.1, 0.15) is 12.4 Å². The second kappa shape index (κ2) is 6.47. The van der Waals surface area contributed by atoms with Gasteiger partial charge in [0.15, 0.2) is 0 Å². The topological polar surface area (TPSA) is 57.1 Å². The Morgan fingerprint density at radius 3 is 2.55 bits per heavy atom. The molecule has 0 N–H and O–H groups in total. The Bertz CT molecular complexity index is 596. The summed E-state index contributed by atoms with van der Waals surface area (Å²) < 4.78 is 24.1. The van der Waals surface area contributed by atoms with Gasteiger partial charge >= 0.3 is 12.0 Å². The van der Waals surface area contributed by atoms with E-state index in [2.05, 4.69) is 15.0 Å². The molecule has 106 valence electrons. The molecule has 2 aromatic rings. The molecule has 0 spiro atoms. The summed E-state index contributed by atoms with van der Waals surface area (Å²) >= 11 is 5.75. The third-order valence-electron chi connectivity index (χ3n) is 2.22. The van der Waals surface area contributed by atoms with Crippen molar-refractivity contribution in [1.29, 1.82) is 0 Å². The van der Waals surface area contributed by atoms with Crippen LogP contribution in [-0.2, 0) is 6.61 Å². The molecule has 20 heavy (non-hydrogen) atoms. The highest BCUT2D eigenvalue weighted by atomic mass is 35.5. The summed E-state index contributed by atoms with van der Waals surface area (Å²) in [4.78, 5) is 11.6. The maximum absolute atomic E-state index is 13.4. The van der Waals surface area contributed by atoms with Crippen LogP contribution in [0.1, 0.15) is 19.4 Å². The number of aromatic nitrogens is 3. The number of hydrogen-bond acceptors (Lipinski definition) is 5. The first-order valence-corrected chi connectivity index (χ1v) is 6.37. The quantitative estimate of drug-likeness (QED) is 0.849. The Morgan fingerprint density at radius 2 is 1.85 bits per heavy atom. The van der Waals surface area contributed by atoms with Crippen molar-refractivity contribution in [3.8, 4) is 12.0 Å². The van der Waals surface area contributed by atoms with Crippen molar-refractivity contribution in [3.05, 3.63) is 40.9 Å². The minimum absolute atomic E-state index is 0.00582. The molecule has 0 amide bonds. The predicted molar refractivity (Wildman–Crippen MR) is 71.3 cm³/mol. The zero-order chi connectivity index (χ0) is 14.5. The van der Waals surface area contributed by atoms with E-state index >= 15 is 0 Å². The second-order valence-corrected chi connectivity index (χ2v) is 4.55. The van der Waals surface area contributed by atoms with Gasteiger partial charge in [0.2, 0.25) is 5.28 Å². The second-order valence-electron chi connectivity index (χ2n) is 4.22. The van der Waals surface area contributed by atoms with Crippen molar-refractivity contribution in [2.75, 3.05) is 0 Å². The van der Waals surface area contributed by atoms with Crippen LogP contribution in [0.15, 0.2) is 24.3 Å². The molecular formula is C13H13ClFN3O2. The standard InChI is InChI=1S/C13H13ClFN3O2/c1-8(2)20-13-17-11(14)16-12(18-13)19-7-9-5-3-4-6-10(9)15/h3-6,8H,7H2,1-2H3. The summed E-state index contributed by atoms with van der Waals surface area (Å²) in [6.07, 6.45) is -0.104. The number of benzene rings is 1. The minimum Gasteiger partial charge on any atom is -0.461 e. The third kappa shape index (κ3) is 4.03. The zero-order valence-corrected chi connectivity index (χ0v) is 11.8. The molecule has 7 heteroatoms. The van der Waals surface area contributed by atoms with Crippen molar-refractivity contribution < 1.29 is 13.9 Å². The molecule has 0 radical (unpaired) electrons. The molecule has 1 heterocycles. The van der Waals surface area contributed by atoms with Crippen LogP contribution in [0.3, 0.4) is 0 Å². The Balaban J connectivity index is 2.09. The summed E-state index contributed by atoms with van der Waals surface area (Å²) in [6.45, 7) is 3.66. The average Bonchev–Trinajstić information content (AvgIpc) is 2.36. The van der Waals surface area contributed by atoms with E-state index in [-0.39, 0.29) is 35.8 Å². The molecule has 0 aliphatic rings. The van der Waals surface area contributed by atoms with Gasteiger partial charge in [-0.2, -0.15) is 9.97 Å². The van der Waals surface area contributed by atoms with E-state index in [9.17, 15) is 4.39 Å². The molecular weight excluding hydrogens is 285 g/mol. The molecule has 0 saturated carbocycles. The summed E-state index contributed by atoms with van der Waals surface area (Å²) in [6, 6.07) is 6.35. The van der Waals surface area contributed by atoms with Crippen molar-refractivity contribution in [1.82, 2.24) is 15.0 Å². The van der Waals surface area contributed by atoms with Gasteiger partial charge in [-0.3, -0.25) is 0 Å². The third-order valence-corrected chi connectivity index (χ3v) is 2.39. The van der Waals surface area contributed by atoms with Gasteiger partial charge in [-0.1, -0.05) is 18.2 Å². The Hall–Kier alpha value is -1.95. The van der Waals surface area contributed by atoms with Gasteiger partial charge in [0.25, 0.3) is 0 Å². The van der Waals surface area contributed by atoms with E-state index in [1.54, 1.807) is 18.2 Å². The fourth-order valence-electron chi connectivity index (χ4n) is 1.40. The fourth-order valence-corrected chi connectivity index (χ4v) is 1.55. The van der Waals surface area contributed by atoms with E-state index in [1.807, 2.05) is 13.8 Å². The highest BCUT2D eigenvalue weighted by Gasteiger charge is 2.10. The molecule has 1 aromatic heterocycles. The van der Waals surface area contributed by atoms with Crippen LogP contribution in [0.5, 0.6) is 12.0 Å². The summed E-state index contributed by atoms with van der Waals surface area (Å²) in [5, 5.41) is -0.0424. The Labute approximate surface area is 120 Å². The molecule has 1 aromatic carbocycles. The van der Waals surface area contributed by atoms with Crippen LogP contribution in [0.2, 0.25) is 5.28 Å². The molecule has 5 nitrogen and oxygen atoms in total. The van der Waals surface area contributed by atoms with Crippen molar-refractivity contribution in [2.45, 2.75) is 26.6 Å². The molecule has 0 aliphatic carbocycles. The summed E-state index contributed by atoms with van der Waals surface area (Å²) in [5.74, 6) is -0.355. The summed E-state index contributed by atoms with van der Waals surface area (Å²) in [7, 11) is 0. The fraction of sp³-hybridized carbons (Fsp3) is 0.308. The summed E-state index contributed by atoms with van der Waals surface area (Å²) in [5.41, 5.74) is 0.398. The molecule has 0 fully saturated rings. The molecule has 0 unspecified atom stereocenters. The van der Waals surface area contributed by atoms with Crippen LogP contribution < -0.4 is 9.47 Å². The van der Waals surface area contributed by atoms with Crippen LogP contribution >= 0.6 is 11.6 Å². The van der Waals surface area contributed by atoms with Crippen molar-refractivity contribution in [3.63, 3.8) is 0 Å². The van der Waals surface area contributed by atoms with E-state index in [1.165, 1.54) is 6.07 Å². The monoisotopic (exact) mass is 297 g/mol. The van der Waals surface area contributed by atoms with Crippen LogP contribution in [0.4, 0.5) is 4.39 Å². The lowest BCUT2D eigenvalue weighted by atomic mass is 10.2. The molecule has 0 saturated heterocycles. The van der Waals surface area contributed by atoms with Gasteiger partial charge < -0.3 is 9.47 Å². The van der Waals surface area contributed by atoms with Gasteiger partial charge in [-0.25, -0.2) is 4.39 Å². The lowest BCUT2D eigenvalue weighted by Gasteiger charge is -2.09. The average molecular weight is 298 g/mol. The van der Waals surface area contributed by atoms with E-state index in [0.717, 1.165) is 0 Å². The van der Waals surface area contributed by atoms with Crippen molar-refractivity contribution in [2.24, 2.45) is 0 Å². The Kier molecular flexibility index (Phi) is 4.68. The SMILES string of the molecule is CC(C)Oc1nc(Cl)nc(OCc2ccccc2F)n1. The van der Waals surface area contributed by atoms with Gasteiger partial charge in [0.05, 0.1) is 6.10 Å². The first-order chi connectivity index (χ1) is 9.54. The number of rotatable bonds is 5. The highest BCUT2D eigenvalue weighted by molar-refractivity contribution is 6.28. The number of halogens is 2. The van der Waals surface area contributed by atoms with Gasteiger partial charge in [-0.05, 0) is 31.5 Å². The van der Waals surface area contributed by atoms with Gasteiger partial charge in [0, 0.05) is 5.56 Å². The predicted octanol–water partition coefficient (Wildman–Crippen LogP) is 3.03. The first-order valence-electron chi connectivity index (χ1n) is 5.99. The number of ether oxygens (including phenoxy) is 2. The van der Waals surface area contributed by atoms with E-state index in [4.69, 9.17) is 21.1 Å². The van der Waals surface area contributed by atoms with Crippen LogP contribution in [0, 0.1) is 5.82 Å². The smallest absolute Gasteiger partial charge is 0.324 e. The number of hydrogen-bond donors (Lipinski definition) is 0. The Morgan fingerprint density at radius 1 is 1.15 bits per heavy atom. The molecule has 0 aliphatic heterocycles. The minimum atomic E-state index is -0.355. The highest BCUT2D eigenvalue weighted by Crippen LogP contribution is 2.16. The normalized spacial score (nSPS) is 10.7. The molecule has 2 rings (SSSR count).